The zero-order valence-corrected chi connectivity index (χ0v) is 6.97. The van der Waals surface area contributed by atoms with E-state index in [0.717, 1.165) is 11.3 Å². The molecule has 0 aliphatic rings. The summed E-state index contributed by atoms with van der Waals surface area (Å²) in [7, 11) is 0. The molecule has 1 aromatic heterocycles. The van der Waals surface area contributed by atoms with E-state index in [9.17, 15) is 9.18 Å². The van der Waals surface area contributed by atoms with Gasteiger partial charge in [-0.1, -0.05) is 0 Å². The van der Waals surface area contributed by atoms with E-state index >= 15 is 0 Å². The Morgan fingerprint density at radius 2 is 2.42 bits per heavy atom. The third kappa shape index (κ3) is 2.28. The van der Waals surface area contributed by atoms with E-state index in [4.69, 9.17) is 10.8 Å². The van der Waals surface area contributed by atoms with E-state index in [1.54, 1.807) is 0 Å². The summed E-state index contributed by atoms with van der Waals surface area (Å²) < 4.78 is 12.4. The van der Waals surface area contributed by atoms with Crippen molar-refractivity contribution in [2.45, 2.75) is 12.5 Å². The van der Waals surface area contributed by atoms with Crippen molar-refractivity contribution in [1.29, 1.82) is 0 Å². The number of carboxylic acid groups (broad SMARTS) is 1. The molecule has 0 saturated carbocycles. The minimum absolute atomic E-state index is 0.167. The van der Waals surface area contributed by atoms with Crippen LogP contribution in [-0.2, 0) is 4.79 Å². The van der Waals surface area contributed by atoms with Gasteiger partial charge >= 0.3 is 5.97 Å². The smallest absolute Gasteiger partial charge is 0.305 e. The molecule has 66 valence electrons. The maximum absolute atomic E-state index is 12.4. The minimum atomic E-state index is -0.976. The fraction of sp³-hybridized carbons (Fsp3) is 0.286. The first-order chi connectivity index (χ1) is 5.59. The molecule has 0 aliphatic heterocycles. The highest BCUT2D eigenvalue weighted by Gasteiger charge is 2.12. The van der Waals surface area contributed by atoms with E-state index in [1.165, 1.54) is 12.1 Å². The van der Waals surface area contributed by atoms with Crippen molar-refractivity contribution in [3.63, 3.8) is 0 Å². The fourth-order valence-corrected chi connectivity index (χ4v) is 1.55. The van der Waals surface area contributed by atoms with Crippen molar-refractivity contribution in [3.8, 4) is 0 Å². The Labute approximate surface area is 72.6 Å². The van der Waals surface area contributed by atoms with Crippen LogP contribution in [0.2, 0.25) is 0 Å². The lowest BCUT2D eigenvalue weighted by atomic mass is 10.2. The molecule has 3 nitrogen and oxygen atoms in total. The molecular formula is C7H8FNO2S. The average Bonchev–Trinajstić information content (AvgIpc) is 2.34. The third-order valence-corrected chi connectivity index (χ3v) is 2.36. The fourth-order valence-electron chi connectivity index (χ4n) is 0.816. The van der Waals surface area contributed by atoms with Crippen LogP contribution in [-0.4, -0.2) is 11.1 Å². The zero-order valence-electron chi connectivity index (χ0n) is 6.16. The topological polar surface area (TPSA) is 63.3 Å². The predicted octanol–water partition coefficient (Wildman–Crippen LogP) is 1.36. The Bertz CT molecular complexity index is 287. The number of nitrogens with two attached hydrogens (primary N) is 1. The number of rotatable bonds is 3. The van der Waals surface area contributed by atoms with Crippen LogP contribution in [0.3, 0.4) is 0 Å². The second kappa shape index (κ2) is 3.64. The van der Waals surface area contributed by atoms with Crippen molar-refractivity contribution in [2.75, 3.05) is 0 Å². The predicted molar refractivity (Wildman–Crippen MR) is 43.5 cm³/mol. The van der Waals surface area contributed by atoms with Gasteiger partial charge in [-0.3, -0.25) is 4.79 Å². The van der Waals surface area contributed by atoms with Crippen molar-refractivity contribution in [3.05, 3.63) is 22.1 Å². The molecular weight excluding hydrogens is 181 g/mol. The van der Waals surface area contributed by atoms with Crippen LogP contribution in [0.5, 0.6) is 0 Å². The molecule has 0 saturated heterocycles. The van der Waals surface area contributed by atoms with Crippen LogP contribution in [0.4, 0.5) is 4.39 Å². The van der Waals surface area contributed by atoms with E-state index < -0.39 is 12.0 Å². The molecule has 0 spiro atoms. The van der Waals surface area contributed by atoms with Gasteiger partial charge in [0.15, 0.2) is 5.13 Å². The molecule has 0 fully saturated rings. The Morgan fingerprint density at radius 3 is 2.83 bits per heavy atom. The van der Waals surface area contributed by atoms with Crippen molar-refractivity contribution >= 4 is 17.3 Å². The first kappa shape index (κ1) is 9.15. The van der Waals surface area contributed by atoms with E-state index in [0.29, 0.717) is 4.88 Å². The van der Waals surface area contributed by atoms with Gasteiger partial charge in [0.2, 0.25) is 0 Å². The minimum Gasteiger partial charge on any atom is -0.481 e. The summed E-state index contributed by atoms with van der Waals surface area (Å²) in [6.45, 7) is 0. The second-order valence-corrected chi connectivity index (χ2v) is 3.41. The zero-order chi connectivity index (χ0) is 9.14. The molecule has 1 heterocycles. The number of halogens is 1. The SMILES string of the molecule is NC(CC(=O)O)c1ccc(F)s1. The van der Waals surface area contributed by atoms with Gasteiger partial charge in [0.1, 0.15) is 0 Å². The second-order valence-electron chi connectivity index (χ2n) is 2.35. The van der Waals surface area contributed by atoms with Crippen molar-refractivity contribution in [2.24, 2.45) is 5.73 Å². The van der Waals surface area contributed by atoms with E-state index in [-0.39, 0.29) is 11.6 Å². The number of carbonyl (C=O) groups is 1. The van der Waals surface area contributed by atoms with E-state index in [2.05, 4.69) is 0 Å². The Morgan fingerprint density at radius 1 is 1.75 bits per heavy atom. The maximum Gasteiger partial charge on any atom is 0.305 e. The summed E-state index contributed by atoms with van der Waals surface area (Å²) in [5.41, 5.74) is 5.47. The molecule has 1 rings (SSSR count). The Kier molecular flexibility index (Phi) is 2.78. The standard InChI is InChI=1S/C7H8FNO2S/c8-6-2-1-5(12-6)4(9)3-7(10)11/h1-2,4H,3,9H2,(H,10,11). The summed E-state index contributed by atoms with van der Waals surface area (Å²) >= 11 is 0.883. The molecule has 1 unspecified atom stereocenters. The quantitative estimate of drug-likeness (QED) is 0.754. The highest BCUT2D eigenvalue weighted by molar-refractivity contribution is 7.10. The first-order valence-corrected chi connectivity index (χ1v) is 4.14. The molecule has 0 aliphatic carbocycles. The largest absolute Gasteiger partial charge is 0.481 e. The molecule has 0 bridgehead atoms. The van der Waals surface area contributed by atoms with Crippen LogP contribution in [0.25, 0.3) is 0 Å². The van der Waals surface area contributed by atoms with Gasteiger partial charge in [0.25, 0.3) is 0 Å². The van der Waals surface area contributed by atoms with Gasteiger partial charge in [-0.2, -0.15) is 4.39 Å². The lowest BCUT2D eigenvalue weighted by molar-refractivity contribution is -0.137. The number of thiophene rings is 1. The average molecular weight is 189 g/mol. The van der Waals surface area contributed by atoms with Gasteiger partial charge in [0, 0.05) is 10.9 Å². The van der Waals surface area contributed by atoms with Gasteiger partial charge in [0.05, 0.1) is 6.42 Å². The number of aliphatic carboxylic acids is 1. The van der Waals surface area contributed by atoms with Gasteiger partial charge in [-0.05, 0) is 12.1 Å². The van der Waals surface area contributed by atoms with Crippen LogP contribution >= 0.6 is 11.3 Å². The van der Waals surface area contributed by atoms with Crippen LogP contribution < -0.4 is 5.73 Å². The first-order valence-electron chi connectivity index (χ1n) is 3.32. The molecule has 0 amide bonds. The summed E-state index contributed by atoms with van der Waals surface area (Å²) in [4.78, 5) is 10.8. The highest BCUT2D eigenvalue weighted by atomic mass is 32.1. The Hall–Kier alpha value is -0.940. The molecule has 0 radical (unpaired) electrons. The van der Waals surface area contributed by atoms with Gasteiger partial charge in [-0.25, -0.2) is 0 Å². The molecule has 3 N–H and O–H groups in total. The van der Waals surface area contributed by atoms with Gasteiger partial charge in [-0.15, -0.1) is 11.3 Å². The number of carboxylic acids is 1. The number of hydrogen-bond donors (Lipinski definition) is 2. The lowest BCUT2D eigenvalue weighted by Gasteiger charge is -2.03. The molecule has 5 heteroatoms. The maximum atomic E-state index is 12.4. The Balaban J connectivity index is 2.64. The third-order valence-electron chi connectivity index (χ3n) is 1.35. The molecule has 1 aromatic rings. The molecule has 1 atom stereocenters. The van der Waals surface area contributed by atoms with Crippen molar-refractivity contribution in [1.82, 2.24) is 0 Å². The van der Waals surface area contributed by atoms with Crippen LogP contribution in [0.1, 0.15) is 17.3 Å². The molecule has 0 aromatic carbocycles. The van der Waals surface area contributed by atoms with Crippen molar-refractivity contribution < 1.29 is 14.3 Å². The lowest BCUT2D eigenvalue weighted by Crippen LogP contribution is -2.13. The highest BCUT2D eigenvalue weighted by Crippen LogP contribution is 2.22. The summed E-state index contributed by atoms with van der Waals surface area (Å²) in [6, 6.07) is 2.19. The summed E-state index contributed by atoms with van der Waals surface area (Å²) in [5.74, 6) is -0.976. The van der Waals surface area contributed by atoms with Crippen LogP contribution in [0.15, 0.2) is 12.1 Å². The summed E-state index contributed by atoms with van der Waals surface area (Å²) in [5, 5.41) is 8.04. The van der Waals surface area contributed by atoms with Crippen LogP contribution in [0, 0.1) is 5.13 Å². The monoisotopic (exact) mass is 189 g/mol. The summed E-state index contributed by atoms with van der Waals surface area (Å²) in [6.07, 6.45) is -0.167. The van der Waals surface area contributed by atoms with Gasteiger partial charge < -0.3 is 10.8 Å². The van der Waals surface area contributed by atoms with E-state index in [1.807, 2.05) is 0 Å². The molecule has 12 heavy (non-hydrogen) atoms. The number of hydrogen-bond acceptors (Lipinski definition) is 3. The normalized spacial score (nSPS) is 12.8.